The van der Waals surface area contributed by atoms with Gasteiger partial charge in [-0.25, -0.2) is 0 Å². The van der Waals surface area contributed by atoms with Crippen molar-refractivity contribution in [3.05, 3.63) is 69.3 Å². The fourth-order valence-electron chi connectivity index (χ4n) is 6.99. The maximum absolute atomic E-state index is 13.5. The predicted octanol–water partition coefficient (Wildman–Crippen LogP) is 8.08. The molecule has 4 heteroatoms. The predicted molar refractivity (Wildman–Crippen MR) is 167 cm³/mol. The van der Waals surface area contributed by atoms with Gasteiger partial charge in [0, 0.05) is 30.7 Å². The first-order valence-corrected chi connectivity index (χ1v) is 15.5. The van der Waals surface area contributed by atoms with Gasteiger partial charge in [-0.2, -0.15) is 0 Å². The average Bonchev–Trinajstić information content (AvgIpc) is 2.86. The summed E-state index contributed by atoms with van der Waals surface area (Å²) in [5.41, 5.74) is 7.18. The van der Waals surface area contributed by atoms with Crippen LogP contribution in [0.25, 0.3) is 0 Å². The first-order valence-electron chi connectivity index (χ1n) is 15.5. The van der Waals surface area contributed by atoms with Crippen molar-refractivity contribution in [2.75, 3.05) is 0 Å². The van der Waals surface area contributed by atoms with E-state index < -0.39 is 0 Å². The molecule has 3 unspecified atom stereocenters. The molecule has 1 aliphatic carbocycles. The van der Waals surface area contributed by atoms with E-state index in [4.69, 9.17) is 0 Å². The number of carbonyl (C=O) groups is 4. The number of benzene rings is 2. The SMILES string of the molecule is CCCC(CC1CC(=O)c2c(ccc(CC(=O)Cc3ccc(C)cc3C(C)(C)C)c2C)C1)C(CC)C(=O)CC(C)=O. The summed E-state index contributed by atoms with van der Waals surface area (Å²) in [7, 11) is 0. The number of fused-ring (bicyclic) bond motifs is 1. The Labute approximate surface area is 247 Å². The number of hydrogen-bond donors (Lipinski definition) is 0. The van der Waals surface area contributed by atoms with Crippen molar-refractivity contribution in [1.29, 1.82) is 0 Å². The van der Waals surface area contributed by atoms with Gasteiger partial charge in [-0.1, -0.05) is 83.4 Å². The number of carbonyl (C=O) groups excluding carboxylic acids is 4. The van der Waals surface area contributed by atoms with Crippen molar-refractivity contribution in [2.24, 2.45) is 17.8 Å². The molecule has 222 valence electrons. The van der Waals surface area contributed by atoms with Crippen molar-refractivity contribution < 1.29 is 19.2 Å². The largest absolute Gasteiger partial charge is 0.300 e. The maximum Gasteiger partial charge on any atom is 0.163 e. The van der Waals surface area contributed by atoms with Crippen molar-refractivity contribution in [3.8, 4) is 0 Å². The Morgan fingerprint density at radius 3 is 2.22 bits per heavy atom. The molecule has 3 rings (SSSR count). The van der Waals surface area contributed by atoms with E-state index in [1.165, 1.54) is 18.1 Å². The van der Waals surface area contributed by atoms with Crippen molar-refractivity contribution in [1.82, 2.24) is 0 Å². The summed E-state index contributed by atoms with van der Waals surface area (Å²) in [6.45, 7) is 16.2. The lowest BCUT2D eigenvalue weighted by Gasteiger charge is -2.32. The van der Waals surface area contributed by atoms with Crippen LogP contribution in [-0.4, -0.2) is 23.1 Å². The molecule has 0 aliphatic heterocycles. The highest BCUT2D eigenvalue weighted by Crippen LogP contribution is 2.37. The van der Waals surface area contributed by atoms with E-state index in [0.717, 1.165) is 59.9 Å². The molecule has 0 amide bonds. The minimum Gasteiger partial charge on any atom is -0.300 e. The fourth-order valence-corrected chi connectivity index (χ4v) is 6.99. The molecule has 0 heterocycles. The van der Waals surface area contributed by atoms with Crippen LogP contribution in [0, 0.1) is 31.6 Å². The van der Waals surface area contributed by atoms with Gasteiger partial charge < -0.3 is 0 Å². The summed E-state index contributed by atoms with van der Waals surface area (Å²) in [6, 6.07) is 10.4. The summed E-state index contributed by atoms with van der Waals surface area (Å²) in [5.74, 6) is 0.526. The van der Waals surface area contributed by atoms with Gasteiger partial charge in [-0.3, -0.25) is 19.2 Å². The highest BCUT2D eigenvalue weighted by molar-refractivity contribution is 6.01. The van der Waals surface area contributed by atoms with Gasteiger partial charge >= 0.3 is 0 Å². The van der Waals surface area contributed by atoms with E-state index in [0.29, 0.717) is 19.3 Å². The van der Waals surface area contributed by atoms with Gasteiger partial charge in [0.05, 0.1) is 6.42 Å². The van der Waals surface area contributed by atoms with E-state index >= 15 is 0 Å². The van der Waals surface area contributed by atoms with Gasteiger partial charge in [0.25, 0.3) is 0 Å². The Kier molecular flexibility index (Phi) is 11.0. The van der Waals surface area contributed by atoms with Crippen LogP contribution in [0.5, 0.6) is 0 Å². The number of rotatable bonds is 13. The molecule has 0 fully saturated rings. The zero-order chi connectivity index (χ0) is 30.5. The van der Waals surface area contributed by atoms with Crippen LogP contribution < -0.4 is 0 Å². The first-order chi connectivity index (χ1) is 19.2. The summed E-state index contributed by atoms with van der Waals surface area (Å²) in [6.07, 6.45) is 5.46. The van der Waals surface area contributed by atoms with Gasteiger partial charge in [-0.15, -0.1) is 0 Å². The molecule has 4 nitrogen and oxygen atoms in total. The van der Waals surface area contributed by atoms with Gasteiger partial charge in [0.2, 0.25) is 0 Å². The number of hydrogen-bond acceptors (Lipinski definition) is 4. The Morgan fingerprint density at radius 1 is 0.951 bits per heavy atom. The van der Waals surface area contributed by atoms with Gasteiger partial charge in [-0.05, 0) is 85.1 Å². The highest BCUT2D eigenvalue weighted by atomic mass is 16.1. The summed E-state index contributed by atoms with van der Waals surface area (Å²) >= 11 is 0. The third-order valence-corrected chi connectivity index (χ3v) is 8.91. The molecule has 0 aromatic heterocycles. The van der Waals surface area contributed by atoms with Crippen molar-refractivity contribution in [3.63, 3.8) is 0 Å². The zero-order valence-electron chi connectivity index (χ0n) is 26.6. The van der Waals surface area contributed by atoms with Crippen LogP contribution in [-0.2, 0) is 39.1 Å². The number of aryl methyl sites for hydroxylation is 1. The minimum atomic E-state index is -0.127. The van der Waals surface area contributed by atoms with Crippen LogP contribution in [0.1, 0.15) is 124 Å². The second-order valence-corrected chi connectivity index (χ2v) is 13.5. The highest BCUT2D eigenvalue weighted by Gasteiger charge is 2.33. The second kappa shape index (κ2) is 13.9. The molecular weight excluding hydrogens is 508 g/mol. The van der Waals surface area contributed by atoms with Crippen LogP contribution in [0.15, 0.2) is 30.3 Å². The Morgan fingerprint density at radius 2 is 1.61 bits per heavy atom. The van der Waals surface area contributed by atoms with E-state index in [1.54, 1.807) is 0 Å². The van der Waals surface area contributed by atoms with Crippen molar-refractivity contribution >= 4 is 23.1 Å². The molecule has 0 radical (unpaired) electrons. The average molecular weight is 559 g/mol. The maximum atomic E-state index is 13.5. The molecule has 2 aromatic carbocycles. The Hall–Kier alpha value is -2.88. The van der Waals surface area contributed by atoms with Crippen LogP contribution in [0.4, 0.5) is 0 Å². The van der Waals surface area contributed by atoms with E-state index in [2.05, 4.69) is 58.9 Å². The van der Waals surface area contributed by atoms with Crippen LogP contribution in [0.3, 0.4) is 0 Å². The number of ketones is 4. The van der Waals surface area contributed by atoms with E-state index in [-0.39, 0.29) is 52.7 Å². The molecule has 1 aliphatic rings. The lowest BCUT2D eigenvalue weighted by Crippen LogP contribution is -2.30. The molecular formula is C37H50O4. The quantitative estimate of drug-likeness (QED) is 0.233. The third-order valence-electron chi connectivity index (χ3n) is 8.91. The lowest BCUT2D eigenvalue weighted by atomic mass is 9.71. The smallest absolute Gasteiger partial charge is 0.163 e. The lowest BCUT2D eigenvalue weighted by molar-refractivity contribution is -0.130. The second-order valence-electron chi connectivity index (χ2n) is 13.5. The van der Waals surface area contributed by atoms with Gasteiger partial charge in [0.15, 0.2) is 5.78 Å². The van der Waals surface area contributed by atoms with Crippen LogP contribution in [0.2, 0.25) is 0 Å². The van der Waals surface area contributed by atoms with Crippen LogP contribution >= 0.6 is 0 Å². The summed E-state index contributed by atoms with van der Waals surface area (Å²) < 4.78 is 0. The van der Waals surface area contributed by atoms with E-state index in [9.17, 15) is 19.2 Å². The molecule has 41 heavy (non-hydrogen) atoms. The number of Topliss-reactive ketones (excluding diaryl/α,β-unsaturated/α-hetero) is 4. The Balaban J connectivity index is 1.76. The molecule has 0 saturated heterocycles. The topological polar surface area (TPSA) is 68.3 Å². The molecule has 0 spiro atoms. The normalized spacial score (nSPS) is 16.7. The monoisotopic (exact) mass is 558 g/mol. The fraction of sp³-hybridized carbons (Fsp3) is 0.568. The molecule has 3 atom stereocenters. The van der Waals surface area contributed by atoms with Gasteiger partial charge in [0.1, 0.15) is 17.3 Å². The summed E-state index contributed by atoms with van der Waals surface area (Å²) in [4.78, 5) is 51.2. The van der Waals surface area contributed by atoms with Crippen molar-refractivity contribution in [2.45, 2.75) is 119 Å². The standard InChI is InChI=1S/C37H50O4/c1-9-11-28(32(10-2)34(40)17-24(4)38)18-26-19-30-15-14-27(25(5)36(30)35(41)20-26)21-31(39)22-29-13-12-23(3)16-33(29)37(6,7)8/h12-16,26,28,32H,9-11,17-22H2,1-8H3. The molecule has 0 saturated carbocycles. The zero-order valence-corrected chi connectivity index (χ0v) is 26.6. The Bertz CT molecular complexity index is 1290. The first kappa shape index (κ1) is 32.6. The molecule has 0 N–H and O–H groups in total. The molecule has 0 bridgehead atoms. The minimum absolute atomic E-state index is 0.00722. The molecule has 2 aromatic rings. The van der Waals surface area contributed by atoms with E-state index in [1.807, 2.05) is 19.9 Å². The third kappa shape index (κ3) is 8.33. The summed E-state index contributed by atoms with van der Waals surface area (Å²) in [5, 5.41) is 0.